The maximum Gasteiger partial charge on any atom is 0.293 e. The fourth-order valence-electron chi connectivity index (χ4n) is 4.38. The van der Waals surface area contributed by atoms with Crippen molar-refractivity contribution in [1.82, 2.24) is 24.6 Å². The Morgan fingerprint density at radius 3 is 2.71 bits per heavy atom. The molecule has 1 N–H and O–H groups in total. The first-order chi connectivity index (χ1) is 13.8. The molecule has 0 saturated carbocycles. The van der Waals surface area contributed by atoms with Crippen molar-refractivity contribution >= 4 is 11.6 Å². The van der Waals surface area contributed by atoms with Crippen molar-refractivity contribution in [3.05, 3.63) is 72.1 Å². The van der Waals surface area contributed by atoms with Gasteiger partial charge in [-0.15, -0.1) is 10.2 Å². The van der Waals surface area contributed by atoms with Crippen LogP contribution in [0.5, 0.6) is 0 Å². The Morgan fingerprint density at radius 2 is 1.89 bits per heavy atom. The van der Waals surface area contributed by atoms with E-state index in [1.807, 2.05) is 47.2 Å². The number of nitrogens with one attached hydrogen (secondary N) is 1. The normalized spacial score (nSPS) is 21.1. The molecule has 0 unspecified atom stereocenters. The lowest BCUT2D eigenvalue weighted by Gasteiger charge is -2.25. The number of nitrogens with zero attached hydrogens (tertiary/aromatic N) is 5. The van der Waals surface area contributed by atoms with Crippen molar-refractivity contribution in [2.45, 2.75) is 19.5 Å². The van der Waals surface area contributed by atoms with E-state index in [0.717, 1.165) is 44.1 Å². The number of hydrogen-bond donors (Lipinski definition) is 1. The second-order valence-corrected chi connectivity index (χ2v) is 7.65. The van der Waals surface area contributed by atoms with Crippen LogP contribution >= 0.6 is 0 Å². The van der Waals surface area contributed by atoms with Gasteiger partial charge in [-0.05, 0) is 35.6 Å². The van der Waals surface area contributed by atoms with Crippen molar-refractivity contribution in [3.8, 4) is 0 Å². The molecule has 2 atom stereocenters. The molecule has 0 bridgehead atoms. The van der Waals surface area contributed by atoms with Gasteiger partial charge >= 0.3 is 0 Å². The largest absolute Gasteiger partial charge is 0.319 e. The molecule has 2 aliphatic rings. The molecule has 1 saturated heterocycles. The molecule has 1 amide bonds. The molecule has 2 aliphatic heterocycles. The zero-order chi connectivity index (χ0) is 18.9. The maximum absolute atomic E-state index is 12.7. The molecular weight excluding hydrogens is 352 g/mol. The van der Waals surface area contributed by atoms with Gasteiger partial charge in [0.25, 0.3) is 5.91 Å². The van der Waals surface area contributed by atoms with Crippen LogP contribution in [0.3, 0.4) is 0 Å². The smallest absolute Gasteiger partial charge is 0.293 e. The van der Waals surface area contributed by atoms with E-state index in [0.29, 0.717) is 17.7 Å². The van der Waals surface area contributed by atoms with Crippen molar-refractivity contribution in [3.63, 3.8) is 0 Å². The number of pyridine rings is 1. The van der Waals surface area contributed by atoms with Crippen LogP contribution in [-0.4, -0.2) is 43.6 Å². The van der Waals surface area contributed by atoms with Gasteiger partial charge in [0, 0.05) is 50.7 Å². The Morgan fingerprint density at radius 1 is 1.04 bits per heavy atom. The quantitative estimate of drug-likeness (QED) is 0.758. The van der Waals surface area contributed by atoms with Crippen molar-refractivity contribution < 1.29 is 4.79 Å². The number of carbonyl (C=O) groups is 1. The van der Waals surface area contributed by atoms with E-state index in [2.05, 4.69) is 31.5 Å². The van der Waals surface area contributed by atoms with E-state index in [4.69, 9.17) is 0 Å². The van der Waals surface area contributed by atoms with Crippen molar-refractivity contribution in [2.75, 3.05) is 18.4 Å². The zero-order valence-corrected chi connectivity index (χ0v) is 15.5. The summed E-state index contributed by atoms with van der Waals surface area (Å²) in [4.78, 5) is 19.4. The van der Waals surface area contributed by atoms with Gasteiger partial charge in [0.15, 0.2) is 0 Å². The minimum absolute atomic E-state index is 0.200. The Kier molecular flexibility index (Phi) is 4.37. The van der Waals surface area contributed by atoms with Crippen molar-refractivity contribution in [2.24, 2.45) is 11.8 Å². The fraction of sp³-hybridized carbons (Fsp3) is 0.333. The standard InChI is InChI=1S/C21H22N6O/c28-21(23-18-6-2-1-3-7-18)20-25-24-19-9-16-12-26(13-17(16)14-27(19)20)11-15-5-4-8-22-10-15/h1-8,10,16-17H,9,11-14H2,(H,23,28)/t16-,17-/m1/s1. The monoisotopic (exact) mass is 374 g/mol. The molecule has 5 rings (SSSR count). The number of amides is 1. The minimum atomic E-state index is -0.200. The number of aromatic nitrogens is 4. The fourth-order valence-corrected chi connectivity index (χ4v) is 4.38. The molecule has 7 nitrogen and oxygen atoms in total. The number of rotatable bonds is 4. The molecule has 1 aromatic carbocycles. The Hall–Kier alpha value is -3.06. The van der Waals surface area contributed by atoms with Gasteiger partial charge in [-0.3, -0.25) is 14.7 Å². The lowest BCUT2D eigenvalue weighted by molar-refractivity contribution is 0.100. The first-order valence-electron chi connectivity index (χ1n) is 9.66. The van der Waals surface area contributed by atoms with Gasteiger partial charge in [0.1, 0.15) is 5.82 Å². The zero-order valence-electron chi connectivity index (χ0n) is 15.5. The topological polar surface area (TPSA) is 75.9 Å². The third-order valence-electron chi connectivity index (χ3n) is 5.71. The maximum atomic E-state index is 12.7. The van der Waals surface area contributed by atoms with Gasteiger partial charge in [-0.1, -0.05) is 24.3 Å². The molecule has 7 heteroatoms. The van der Waals surface area contributed by atoms with Gasteiger partial charge in [-0.25, -0.2) is 0 Å². The average Bonchev–Trinajstić information content (AvgIpc) is 3.30. The first kappa shape index (κ1) is 17.1. The predicted molar refractivity (Wildman–Crippen MR) is 105 cm³/mol. The molecule has 0 aliphatic carbocycles. The van der Waals surface area contributed by atoms with Gasteiger partial charge < -0.3 is 9.88 Å². The number of benzene rings is 1. The highest BCUT2D eigenvalue weighted by Gasteiger charge is 2.39. The predicted octanol–water partition coefficient (Wildman–Crippen LogP) is 2.23. The second kappa shape index (κ2) is 7.16. The van der Waals surface area contributed by atoms with E-state index >= 15 is 0 Å². The van der Waals surface area contributed by atoms with E-state index in [1.165, 1.54) is 5.56 Å². The van der Waals surface area contributed by atoms with Crippen LogP contribution in [0.15, 0.2) is 54.9 Å². The lowest BCUT2D eigenvalue weighted by atomic mass is 9.89. The summed E-state index contributed by atoms with van der Waals surface area (Å²) in [5, 5.41) is 11.4. The van der Waals surface area contributed by atoms with Crippen LogP contribution in [0.25, 0.3) is 0 Å². The van der Waals surface area contributed by atoms with Crippen LogP contribution in [0, 0.1) is 11.8 Å². The highest BCUT2D eigenvalue weighted by atomic mass is 16.2. The summed E-state index contributed by atoms with van der Waals surface area (Å²) >= 11 is 0. The summed E-state index contributed by atoms with van der Waals surface area (Å²) in [5.74, 6) is 2.21. The summed E-state index contributed by atoms with van der Waals surface area (Å²) in [6.07, 6.45) is 4.62. The molecule has 2 aromatic heterocycles. The van der Waals surface area contributed by atoms with Crippen LogP contribution in [0.1, 0.15) is 22.0 Å². The molecule has 142 valence electrons. The van der Waals surface area contributed by atoms with Crippen LogP contribution in [0.4, 0.5) is 5.69 Å². The highest BCUT2D eigenvalue weighted by Crippen LogP contribution is 2.33. The molecular formula is C21H22N6O. The van der Waals surface area contributed by atoms with E-state index in [-0.39, 0.29) is 5.91 Å². The van der Waals surface area contributed by atoms with Crippen LogP contribution in [0.2, 0.25) is 0 Å². The number of hydrogen-bond acceptors (Lipinski definition) is 5. The summed E-state index contributed by atoms with van der Waals surface area (Å²) in [6.45, 7) is 3.80. The van der Waals surface area contributed by atoms with Gasteiger partial charge in [-0.2, -0.15) is 0 Å². The summed E-state index contributed by atoms with van der Waals surface area (Å²) in [6, 6.07) is 13.6. The molecule has 0 radical (unpaired) electrons. The van der Waals surface area contributed by atoms with Crippen molar-refractivity contribution in [1.29, 1.82) is 0 Å². The number of likely N-dealkylation sites (tertiary alicyclic amines) is 1. The number of fused-ring (bicyclic) bond motifs is 2. The summed E-state index contributed by atoms with van der Waals surface area (Å²) < 4.78 is 2.01. The van der Waals surface area contributed by atoms with E-state index < -0.39 is 0 Å². The second-order valence-electron chi connectivity index (χ2n) is 7.65. The number of carbonyl (C=O) groups excluding carboxylic acids is 1. The Bertz CT molecular complexity index is 971. The average molecular weight is 374 g/mol. The van der Waals surface area contributed by atoms with Crippen LogP contribution in [-0.2, 0) is 19.5 Å². The summed E-state index contributed by atoms with van der Waals surface area (Å²) in [5.41, 5.74) is 2.01. The third kappa shape index (κ3) is 3.29. The van der Waals surface area contributed by atoms with E-state index in [9.17, 15) is 4.79 Å². The molecule has 4 heterocycles. The Labute approximate surface area is 163 Å². The van der Waals surface area contributed by atoms with Gasteiger partial charge in [0.2, 0.25) is 5.82 Å². The highest BCUT2D eigenvalue weighted by molar-refractivity contribution is 6.01. The Balaban J connectivity index is 1.29. The van der Waals surface area contributed by atoms with E-state index in [1.54, 1.807) is 6.20 Å². The molecule has 3 aromatic rings. The molecule has 28 heavy (non-hydrogen) atoms. The minimum Gasteiger partial charge on any atom is -0.319 e. The number of anilines is 1. The SMILES string of the molecule is O=C(Nc1ccccc1)c1nnc2n1C[C@H]1CN(Cc3cccnc3)C[C@H]1C2. The molecule has 1 fully saturated rings. The summed E-state index contributed by atoms with van der Waals surface area (Å²) in [7, 11) is 0. The van der Waals surface area contributed by atoms with Gasteiger partial charge in [0.05, 0.1) is 0 Å². The lowest BCUT2D eigenvalue weighted by Crippen LogP contribution is -2.31. The third-order valence-corrected chi connectivity index (χ3v) is 5.71. The number of para-hydroxylation sites is 1. The molecule has 0 spiro atoms. The first-order valence-corrected chi connectivity index (χ1v) is 9.66. The van der Waals surface area contributed by atoms with Crippen LogP contribution < -0.4 is 5.32 Å².